The predicted octanol–water partition coefficient (Wildman–Crippen LogP) is 5.14. The van der Waals surface area contributed by atoms with Crippen molar-refractivity contribution in [3.05, 3.63) is 83.9 Å². The Hall–Kier alpha value is -4.00. The Bertz CT molecular complexity index is 1070. The van der Waals surface area contributed by atoms with Crippen molar-refractivity contribution >= 4 is 23.3 Å². The molecule has 0 spiro atoms. The fourth-order valence-corrected chi connectivity index (χ4v) is 3.40. The molecule has 3 aromatic carbocycles. The second-order valence-corrected chi connectivity index (χ2v) is 7.35. The van der Waals surface area contributed by atoms with Crippen LogP contribution in [0.2, 0.25) is 0 Å². The van der Waals surface area contributed by atoms with Crippen LogP contribution in [0.15, 0.2) is 72.8 Å². The lowest BCUT2D eigenvalue weighted by Gasteiger charge is -2.29. The smallest absolute Gasteiger partial charge is 0.343 e. The Balaban J connectivity index is 0.000000251. The van der Waals surface area contributed by atoms with E-state index in [0.29, 0.717) is 17.0 Å². The van der Waals surface area contributed by atoms with Gasteiger partial charge in [-0.05, 0) is 73.0 Å². The van der Waals surface area contributed by atoms with Crippen molar-refractivity contribution in [2.45, 2.75) is 26.7 Å². The van der Waals surface area contributed by atoms with Gasteiger partial charge in [-0.25, -0.2) is 4.79 Å². The third-order valence-corrected chi connectivity index (χ3v) is 5.16. The minimum Gasteiger partial charge on any atom is -0.497 e. The lowest BCUT2D eigenvalue weighted by atomic mass is 10.0. The molecule has 0 saturated heterocycles. The summed E-state index contributed by atoms with van der Waals surface area (Å²) in [5, 5.41) is 0. The molecule has 0 atom stereocenters. The highest BCUT2D eigenvalue weighted by Crippen LogP contribution is 2.28. The van der Waals surface area contributed by atoms with E-state index in [2.05, 4.69) is 10.8 Å². The van der Waals surface area contributed by atoms with Gasteiger partial charge in [0.2, 0.25) is 0 Å². The van der Waals surface area contributed by atoms with Crippen molar-refractivity contribution in [3.63, 3.8) is 0 Å². The Morgan fingerprint density at radius 2 is 1.51 bits per heavy atom. The van der Waals surface area contributed by atoms with E-state index in [1.165, 1.54) is 12.7 Å². The number of nitrogens with zero attached hydrogens (tertiary/aromatic N) is 1. The van der Waals surface area contributed by atoms with E-state index in [0.717, 1.165) is 30.8 Å². The van der Waals surface area contributed by atoms with E-state index in [9.17, 15) is 9.59 Å². The number of para-hydroxylation sites is 1. The summed E-state index contributed by atoms with van der Waals surface area (Å²) in [6.45, 7) is 4.70. The Kier molecular flexibility index (Phi) is 11.1. The van der Waals surface area contributed by atoms with Gasteiger partial charge in [-0.2, -0.15) is 0 Å². The van der Waals surface area contributed by atoms with Gasteiger partial charge in [-0.1, -0.05) is 32.0 Å². The number of ether oxygens (including phenoxy) is 3. The number of anilines is 2. The van der Waals surface area contributed by atoms with Crippen molar-refractivity contribution in [1.82, 2.24) is 0 Å². The van der Waals surface area contributed by atoms with Gasteiger partial charge in [0, 0.05) is 23.5 Å². The summed E-state index contributed by atoms with van der Waals surface area (Å²) < 4.78 is 14.6. The molecular formula is C28H34N2O5. The zero-order valence-electron chi connectivity index (χ0n) is 20.8. The number of fused-ring (bicyclic) bond motifs is 1. The maximum absolute atomic E-state index is 12.6. The van der Waals surface area contributed by atoms with Crippen molar-refractivity contribution < 1.29 is 23.8 Å². The van der Waals surface area contributed by atoms with Gasteiger partial charge in [-0.3, -0.25) is 4.79 Å². The number of methoxy groups -OCH3 is 2. The fourth-order valence-electron chi connectivity index (χ4n) is 3.40. The van der Waals surface area contributed by atoms with E-state index >= 15 is 0 Å². The molecule has 7 heteroatoms. The van der Waals surface area contributed by atoms with Crippen LogP contribution >= 0.6 is 0 Å². The first kappa shape index (κ1) is 27.2. The quantitative estimate of drug-likeness (QED) is 0.404. The minimum absolute atomic E-state index is 0.0554. The molecule has 0 saturated carbocycles. The van der Waals surface area contributed by atoms with Crippen LogP contribution in [-0.2, 0) is 16.0 Å². The molecule has 7 nitrogen and oxygen atoms in total. The Morgan fingerprint density at radius 1 is 0.886 bits per heavy atom. The summed E-state index contributed by atoms with van der Waals surface area (Å²) in [5.41, 5.74) is 9.11. The van der Waals surface area contributed by atoms with Crippen LogP contribution in [0.5, 0.6) is 11.5 Å². The van der Waals surface area contributed by atoms with Gasteiger partial charge < -0.3 is 24.8 Å². The molecule has 3 aromatic rings. The number of nitrogen functional groups attached to an aromatic ring is 1. The molecule has 186 valence electrons. The average Bonchev–Trinajstić information content (AvgIpc) is 2.93. The zero-order chi connectivity index (χ0) is 25.6. The standard InChI is InChI=1S/C17H17NO2.C9H11NO3.C2H6/c1-20-15-10-8-14(9-11-15)17(19)18-12-4-6-13-5-2-3-7-16(13)18;1-12-9(11)6-13-8-4-2-7(10)3-5-8;1-2/h2-3,5,7-11H,4,6,12H2,1H3;2-5H,6,10H2,1H3;1-2H3. The van der Waals surface area contributed by atoms with E-state index < -0.39 is 5.97 Å². The van der Waals surface area contributed by atoms with Crippen LogP contribution in [0.25, 0.3) is 0 Å². The maximum atomic E-state index is 12.6. The van der Waals surface area contributed by atoms with E-state index in [1.807, 2.05) is 61.2 Å². The first-order chi connectivity index (χ1) is 17.0. The second kappa shape index (κ2) is 14.3. The molecule has 1 heterocycles. The summed E-state index contributed by atoms with van der Waals surface area (Å²) in [5.74, 6) is 1.01. The molecular weight excluding hydrogens is 444 g/mol. The molecule has 4 rings (SSSR count). The second-order valence-electron chi connectivity index (χ2n) is 7.35. The monoisotopic (exact) mass is 478 g/mol. The van der Waals surface area contributed by atoms with Crippen LogP contribution < -0.4 is 20.1 Å². The van der Waals surface area contributed by atoms with Gasteiger partial charge in [-0.15, -0.1) is 0 Å². The topological polar surface area (TPSA) is 91.1 Å². The Labute approximate surface area is 207 Å². The normalized spacial score (nSPS) is 11.5. The molecule has 1 aliphatic heterocycles. The highest BCUT2D eigenvalue weighted by Gasteiger charge is 2.23. The average molecular weight is 479 g/mol. The number of hydrogen-bond donors (Lipinski definition) is 1. The predicted molar refractivity (Wildman–Crippen MR) is 139 cm³/mol. The molecule has 0 aromatic heterocycles. The third kappa shape index (κ3) is 8.07. The first-order valence-corrected chi connectivity index (χ1v) is 11.6. The number of benzene rings is 3. The first-order valence-electron chi connectivity index (χ1n) is 11.6. The molecule has 1 aliphatic rings. The molecule has 0 aliphatic carbocycles. The number of hydrogen-bond acceptors (Lipinski definition) is 6. The van der Waals surface area contributed by atoms with Crippen LogP contribution in [0, 0.1) is 0 Å². The minimum atomic E-state index is -0.406. The number of nitrogens with two attached hydrogens (primary N) is 1. The summed E-state index contributed by atoms with van der Waals surface area (Å²) in [6, 6.07) is 22.2. The van der Waals surface area contributed by atoms with E-state index in [-0.39, 0.29) is 12.5 Å². The molecule has 0 unspecified atom stereocenters. The van der Waals surface area contributed by atoms with Gasteiger partial charge in [0.25, 0.3) is 5.91 Å². The molecule has 35 heavy (non-hydrogen) atoms. The number of carbonyl (C=O) groups excluding carboxylic acids is 2. The molecule has 0 fully saturated rings. The highest BCUT2D eigenvalue weighted by molar-refractivity contribution is 6.06. The maximum Gasteiger partial charge on any atom is 0.343 e. The summed E-state index contributed by atoms with van der Waals surface area (Å²) in [7, 11) is 2.94. The summed E-state index contributed by atoms with van der Waals surface area (Å²) in [6.07, 6.45) is 2.06. The van der Waals surface area contributed by atoms with Crippen molar-refractivity contribution in [3.8, 4) is 11.5 Å². The van der Waals surface area contributed by atoms with E-state index in [1.54, 1.807) is 31.4 Å². The molecule has 0 radical (unpaired) electrons. The fraction of sp³-hybridized carbons (Fsp3) is 0.286. The number of carbonyl (C=O) groups is 2. The van der Waals surface area contributed by atoms with Gasteiger partial charge in [0.05, 0.1) is 14.2 Å². The van der Waals surface area contributed by atoms with Crippen LogP contribution in [0.4, 0.5) is 11.4 Å². The molecule has 1 amide bonds. The summed E-state index contributed by atoms with van der Waals surface area (Å²) in [4.78, 5) is 25.2. The largest absolute Gasteiger partial charge is 0.497 e. The van der Waals surface area contributed by atoms with Gasteiger partial charge in [0.1, 0.15) is 11.5 Å². The van der Waals surface area contributed by atoms with Gasteiger partial charge in [0.15, 0.2) is 6.61 Å². The van der Waals surface area contributed by atoms with Crippen molar-refractivity contribution in [2.75, 3.05) is 38.0 Å². The molecule has 2 N–H and O–H groups in total. The number of amides is 1. The lowest BCUT2D eigenvalue weighted by Crippen LogP contribution is -2.35. The SMILES string of the molecule is CC.COC(=O)COc1ccc(N)cc1.COc1ccc(C(=O)N2CCCc3ccccc32)cc1. The van der Waals surface area contributed by atoms with Crippen LogP contribution in [0.3, 0.4) is 0 Å². The highest BCUT2D eigenvalue weighted by atomic mass is 16.6. The van der Waals surface area contributed by atoms with Crippen LogP contribution in [0.1, 0.15) is 36.2 Å². The van der Waals surface area contributed by atoms with Crippen molar-refractivity contribution in [1.29, 1.82) is 0 Å². The molecule has 0 bridgehead atoms. The zero-order valence-corrected chi connectivity index (χ0v) is 20.8. The third-order valence-electron chi connectivity index (χ3n) is 5.16. The van der Waals surface area contributed by atoms with E-state index in [4.69, 9.17) is 15.2 Å². The van der Waals surface area contributed by atoms with Crippen LogP contribution in [-0.4, -0.2) is 39.2 Å². The number of aryl methyl sites for hydroxylation is 1. The Morgan fingerprint density at radius 3 is 2.14 bits per heavy atom. The summed E-state index contributed by atoms with van der Waals surface area (Å²) >= 11 is 0. The van der Waals surface area contributed by atoms with Gasteiger partial charge >= 0.3 is 5.97 Å². The number of esters is 1. The number of rotatable bonds is 5. The van der Waals surface area contributed by atoms with Crippen molar-refractivity contribution in [2.24, 2.45) is 0 Å². The lowest BCUT2D eigenvalue weighted by molar-refractivity contribution is -0.142.